The lowest BCUT2D eigenvalue weighted by Gasteiger charge is -2.16. The molecule has 0 fully saturated rings. The van der Waals surface area contributed by atoms with Gasteiger partial charge >= 0.3 is 0 Å². The van der Waals surface area contributed by atoms with Crippen LogP contribution in [-0.2, 0) is 0 Å². The van der Waals surface area contributed by atoms with Crippen LogP contribution in [0.4, 0.5) is 0 Å². The molecule has 0 unspecified atom stereocenters. The number of hydrazine groups is 2. The van der Waals surface area contributed by atoms with Crippen LogP contribution in [0.25, 0.3) is 0 Å². The van der Waals surface area contributed by atoms with Crippen LogP contribution in [0.15, 0.2) is 24.3 Å². The molecule has 0 heterocycles. The molecule has 0 bridgehead atoms. The molecule has 2 aromatic carbocycles. The van der Waals surface area contributed by atoms with Gasteiger partial charge in [0.15, 0.2) is 33.2 Å². The Balaban J connectivity index is 1.65. The molecule has 17 heteroatoms. The summed E-state index contributed by atoms with van der Waals surface area (Å²) in [7, 11) is 0. The third-order valence-corrected chi connectivity index (χ3v) is 9.76. The number of hydrogen-bond acceptors (Lipinski definition) is 11. The summed E-state index contributed by atoms with van der Waals surface area (Å²) in [6, 6.07) is 4.65. The highest BCUT2D eigenvalue weighted by Gasteiger charge is 2.18. The maximum atomic E-state index is 12.7. The maximum Gasteiger partial charge on any atom is 0.257 e. The molecule has 10 N–H and O–H groups in total. The minimum absolute atomic E-state index is 0.0676. The van der Waals surface area contributed by atoms with E-state index in [1.165, 1.54) is 89.9 Å². The Kier molecular flexibility index (Phi) is 25.6. The minimum atomic E-state index is -0.724. The fourth-order valence-corrected chi connectivity index (χ4v) is 6.34. The molecule has 0 spiro atoms. The number of nitrogens with one attached hydrogen (secondary N) is 6. The molecule has 0 saturated heterocycles. The number of carbonyl (C=O) groups excluding carboxylic acids is 2. The van der Waals surface area contributed by atoms with E-state index in [4.69, 9.17) is 46.1 Å². The van der Waals surface area contributed by atoms with Crippen molar-refractivity contribution in [2.45, 2.75) is 142 Å². The van der Waals surface area contributed by atoms with E-state index in [0.29, 0.717) is 13.2 Å². The van der Waals surface area contributed by atoms with Gasteiger partial charge in [-0.1, -0.05) is 129 Å². The molecule has 2 aromatic rings. The van der Waals surface area contributed by atoms with Crippen LogP contribution in [0.1, 0.15) is 163 Å². The van der Waals surface area contributed by atoms with E-state index in [-0.39, 0.29) is 61.0 Å². The first kappa shape index (κ1) is 49.8. The molecule has 0 atom stereocenters. The molecule has 0 saturated carbocycles. The molecule has 0 aliphatic rings. The van der Waals surface area contributed by atoms with E-state index >= 15 is 0 Å². The Morgan fingerprint density at radius 1 is 0.448 bits per heavy atom. The number of ether oxygens (including phenoxy) is 2. The van der Waals surface area contributed by atoms with Gasteiger partial charge in [0.2, 0.25) is 16.6 Å². The Labute approximate surface area is 359 Å². The summed E-state index contributed by atoms with van der Waals surface area (Å²) < 4.78 is 11.2. The van der Waals surface area contributed by atoms with Crippen LogP contribution in [0.3, 0.4) is 0 Å². The summed E-state index contributed by atoms with van der Waals surface area (Å²) >= 11 is 15.4. The molecule has 324 valence electrons. The number of hydrogen-bond donors (Lipinski definition) is 10. The zero-order valence-corrected chi connectivity index (χ0v) is 36.5. The first-order valence-electron chi connectivity index (χ1n) is 20.6. The second kappa shape index (κ2) is 29.8. The third-order valence-electron chi connectivity index (χ3n) is 9.15. The minimum Gasteiger partial charge on any atom is -0.504 e. The van der Waals surface area contributed by atoms with E-state index in [1.807, 2.05) is 0 Å². The average Bonchev–Trinajstić information content (AvgIpc) is 3.18. The molecule has 0 aromatic heterocycles. The monoisotopic (exact) mass is 864 g/mol. The van der Waals surface area contributed by atoms with E-state index in [2.05, 4.69) is 46.2 Å². The van der Waals surface area contributed by atoms with Crippen LogP contribution in [-0.4, -0.2) is 60.8 Å². The van der Waals surface area contributed by atoms with Crippen LogP contribution in [0.5, 0.6) is 34.5 Å². The predicted octanol–water partition coefficient (Wildman–Crippen LogP) is 8.31. The Bertz CT molecular complexity index is 1440. The fourth-order valence-electron chi connectivity index (χ4n) is 5.95. The number of rotatable bonds is 26. The highest BCUT2D eigenvalue weighted by Crippen LogP contribution is 2.38. The summed E-state index contributed by atoms with van der Waals surface area (Å²) in [5, 5.41) is 45.9. The van der Waals surface area contributed by atoms with Crippen molar-refractivity contribution in [1.82, 2.24) is 32.3 Å². The zero-order valence-electron chi connectivity index (χ0n) is 34.0. The van der Waals surface area contributed by atoms with Gasteiger partial charge in [0.25, 0.3) is 11.8 Å². The lowest BCUT2D eigenvalue weighted by atomic mass is 10.1. The summed E-state index contributed by atoms with van der Waals surface area (Å²) in [5.74, 6) is -3.18. The van der Waals surface area contributed by atoms with Crippen LogP contribution < -0.4 is 41.8 Å². The van der Waals surface area contributed by atoms with Gasteiger partial charge in [-0.05, 0) is 73.8 Å². The Morgan fingerprint density at radius 3 is 1.00 bits per heavy atom. The van der Waals surface area contributed by atoms with Gasteiger partial charge in [-0.15, -0.1) is 0 Å². The molecule has 0 radical (unpaired) electrons. The topological polar surface area (TPSA) is 206 Å². The van der Waals surface area contributed by atoms with E-state index in [1.54, 1.807) is 0 Å². The molecular weight excluding hydrogens is 801 g/mol. The maximum absolute atomic E-state index is 12.7. The van der Waals surface area contributed by atoms with Crippen molar-refractivity contribution in [1.29, 1.82) is 0 Å². The SMILES string of the molecule is CCCCCCCCCCCCOc1c(O)cc(C(=O)NC(=S)NNC(=S)NNC(=S)NC(=O)c2cc(O)c(OCCCCCCCCCCCC)c(O)c2)cc1O. The molecule has 14 nitrogen and oxygen atoms in total. The van der Waals surface area contributed by atoms with Gasteiger partial charge in [0, 0.05) is 11.1 Å². The predicted molar refractivity (Wildman–Crippen MR) is 239 cm³/mol. The summed E-state index contributed by atoms with van der Waals surface area (Å²) in [5.41, 5.74) is 9.87. The Morgan fingerprint density at radius 2 is 0.707 bits per heavy atom. The molecule has 2 amide bonds. The normalized spacial score (nSPS) is 10.7. The second-order valence-corrected chi connectivity index (χ2v) is 15.4. The quantitative estimate of drug-likeness (QED) is 0.0245. The molecule has 2 rings (SSSR count). The molecular formula is C41H64N6O8S3. The van der Waals surface area contributed by atoms with Crippen molar-refractivity contribution < 1.29 is 39.5 Å². The molecule has 0 aliphatic carbocycles. The number of phenols is 4. The van der Waals surface area contributed by atoms with Crippen molar-refractivity contribution >= 4 is 63.8 Å². The van der Waals surface area contributed by atoms with E-state index in [9.17, 15) is 30.0 Å². The zero-order chi connectivity index (χ0) is 42.5. The van der Waals surface area contributed by atoms with Crippen molar-refractivity contribution in [3.63, 3.8) is 0 Å². The number of amides is 2. The summed E-state index contributed by atoms with van der Waals surface area (Å²) in [6.45, 7) is 5.07. The van der Waals surface area contributed by atoms with Gasteiger partial charge in [-0.2, -0.15) is 0 Å². The van der Waals surface area contributed by atoms with Gasteiger partial charge in [0.1, 0.15) is 0 Å². The summed E-state index contributed by atoms with van der Waals surface area (Å²) in [4.78, 5) is 25.4. The van der Waals surface area contributed by atoms with Crippen molar-refractivity contribution in [2.24, 2.45) is 0 Å². The fraction of sp³-hybridized carbons (Fsp3) is 0.585. The lowest BCUT2D eigenvalue weighted by molar-refractivity contribution is 0.0967. The van der Waals surface area contributed by atoms with Crippen molar-refractivity contribution in [2.75, 3.05) is 13.2 Å². The number of aromatic hydroxyl groups is 4. The number of phenolic OH excluding ortho intramolecular Hbond substituents is 4. The second-order valence-electron chi connectivity index (χ2n) is 14.1. The molecule has 58 heavy (non-hydrogen) atoms. The summed E-state index contributed by atoms with van der Waals surface area (Å²) in [6.07, 6.45) is 23.4. The Hall–Kier alpha value is -4.35. The largest absolute Gasteiger partial charge is 0.504 e. The smallest absolute Gasteiger partial charge is 0.257 e. The first-order valence-corrected chi connectivity index (χ1v) is 21.8. The standard InChI is InChI=1S/C41H64N6O8S3/c1-3-5-7-9-11-13-15-17-19-21-23-54-35-31(48)25-29(26-32(35)49)37(52)42-39(56)44-46-41(58)47-45-40(57)43-38(53)30-27-33(50)36(34(51)28-30)55-24-22-20-18-16-14-12-10-8-6-4-2/h25-28,48-51H,3-24H2,1-2H3,(H2,46,47,58)(H2,42,44,52,56)(H2,43,45,53,57). The van der Waals surface area contributed by atoms with Gasteiger partial charge in [-0.25, -0.2) is 0 Å². The number of thiocarbonyl (C=S) groups is 3. The van der Waals surface area contributed by atoms with Crippen molar-refractivity contribution in [3.8, 4) is 34.5 Å². The first-order chi connectivity index (χ1) is 28.0. The van der Waals surface area contributed by atoms with Gasteiger partial charge < -0.3 is 29.9 Å². The third kappa shape index (κ3) is 20.9. The average molecular weight is 865 g/mol. The van der Waals surface area contributed by atoms with Crippen LogP contribution in [0, 0.1) is 0 Å². The van der Waals surface area contributed by atoms with Crippen LogP contribution in [0.2, 0.25) is 0 Å². The highest BCUT2D eigenvalue weighted by atomic mass is 32.1. The number of carbonyl (C=O) groups is 2. The van der Waals surface area contributed by atoms with Crippen LogP contribution >= 0.6 is 36.7 Å². The number of benzene rings is 2. The lowest BCUT2D eigenvalue weighted by Crippen LogP contribution is -2.56. The number of unbranched alkanes of at least 4 members (excludes halogenated alkanes) is 18. The van der Waals surface area contributed by atoms with Crippen molar-refractivity contribution in [3.05, 3.63) is 35.4 Å². The van der Waals surface area contributed by atoms with E-state index in [0.717, 1.165) is 62.8 Å². The molecule has 0 aliphatic heterocycles. The van der Waals surface area contributed by atoms with Gasteiger partial charge in [-0.3, -0.25) is 41.9 Å². The highest BCUT2D eigenvalue weighted by molar-refractivity contribution is 7.81. The van der Waals surface area contributed by atoms with E-state index < -0.39 is 11.8 Å². The van der Waals surface area contributed by atoms with Gasteiger partial charge in [0.05, 0.1) is 13.2 Å².